The predicted molar refractivity (Wildman–Crippen MR) is 57.0 cm³/mol. The zero-order chi connectivity index (χ0) is 8.81. The van der Waals surface area contributed by atoms with Crippen LogP contribution in [-0.4, -0.2) is 16.5 Å². The van der Waals surface area contributed by atoms with Crippen LogP contribution in [0.5, 0.6) is 0 Å². The van der Waals surface area contributed by atoms with Crippen LogP contribution in [0.25, 0.3) is 0 Å². The van der Waals surface area contributed by atoms with Gasteiger partial charge in [0.05, 0.1) is 10.1 Å². The van der Waals surface area contributed by atoms with E-state index >= 15 is 0 Å². The molecule has 0 aliphatic rings. The standard InChI is InChI=1S/C9H13NS2/c1-3-11-8-6-5-7-9(10-8)12-4-2/h5-7H,3-4H2,1-2H3. The van der Waals surface area contributed by atoms with Crippen molar-refractivity contribution in [3.8, 4) is 0 Å². The average Bonchev–Trinajstić information content (AvgIpc) is 2.06. The Bertz CT molecular complexity index is 216. The van der Waals surface area contributed by atoms with Crippen molar-refractivity contribution in [2.24, 2.45) is 0 Å². The SMILES string of the molecule is CCSc1cccc(SCC)n1. The van der Waals surface area contributed by atoms with Gasteiger partial charge in [-0.25, -0.2) is 4.98 Å². The molecule has 0 amide bonds. The largest absolute Gasteiger partial charge is 0.235 e. The number of aromatic nitrogens is 1. The van der Waals surface area contributed by atoms with Crippen LogP contribution in [0.15, 0.2) is 28.3 Å². The second-order valence-electron chi connectivity index (χ2n) is 2.18. The lowest BCUT2D eigenvalue weighted by Gasteiger charge is -2.00. The maximum absolute atomic E-state index is 4.48. The fraction of sp³-hybridized carbons (Fsp3) is 0.444. The number of nitrogens with zero attached hydrogens (tertiary/aromatic N) is 1. The molecule has 66 valence electrons. The number of thioether (sulfide) groups is 2. The molecular weight excluding hydrogens is 186 g/mol. The van der Waals surface area contributed by atoms with E-state index in [1.165, 1.54) is 0 Å². The van der Waals surface area contributed by atoms with Gasteiger partial charge in [0.1, 0.15) is 0 Å². The van der Waals surface area contributed by atoms with Gasteiger partial charge in [-0.3, -0.25) is 0 Å². The molecule has 0 saturated carbocycles. The van der Waals surface area contributed by atoms with Gasteiger partial charge in [0.15, 0.2) is 0 Å². The van der Waals surface area contributed by atoms with Crippen LogP contribution in [-0.2, 0) is 0 Å². The highest BCUT2D eigenvalue weighted by atomic mass is 32.2. The molecule has 0 aromatic carbocycles. The molecule has 1 aromatic heterocycles. The fourth-order valence-electron chi connectivity index (χ4n) is 0.852. The van der Waals surface area contributed by atoms with Gasteiger partial charge in [-0.1, -0.05) is 19.9 Å². The third-order valence-corrected chi connectivity index (χ3v) is 2.91. The van der Waals surface area contributed by atoms with E-state index in [-0.39, 0.29) is 0 Å². The zero-order valence-corrected chi connectivity index (χ0v) is 9.04. The van der Waals surface area contributed by atoms with E-state index < -0.39 is 0 Å². The molecule has 0 bridgehead atoms. The molecule has 0 aliphatic carbocycles. The van der Waals surface area contributed by atoms with E-state index in [0.717, 1.165) is 21.6 Å². The quantitative estimate of drug-likeness (QED) is 0.691. The third-order valence-electron chi connectivity index (χ3n) is 1.28. The van der Waals surface area contributed by atoms with E-state index in [9.17, 15) is 0 Å². The summed E-state index contributed by atoms with van der Waals surface area (Å²) < 4.78 is 0. The Morgan fingerprint density at radius 1 is 1.08 bits per heavy atom. The van der Waals surface area contributed by atoms with Crippen molar-refractivity contribution in [2.45, 2.75) is 23.9 Å². The Balaban J connectivity index is 2.67. The molecule has 1 nitrogen and oxygen atoms in total. The van der Waals surface area contributed by atoms with Gasteiger partial charge in [-0.15, -0.1) is 23.5 Å². The van der Waals surface area contributed by atoms with Crippen molar-refractivity contribution >= 4 is 23.5 Å². The van der Waals surface area contributed by atoms with Crippen LogP contribution in [0.1, 0.15) is 13.8 Å². The minimum atomic E-state index is 1.09. The van der Waals surface area contributed by atoms with Crippen molar-refractivity contribution < 1.29 is 0 Å². The normalized spacial score (nSPS) is 10.2. The zero-order valence-electron chi connectivity index (χ0n) is 7.41. The number of hydrogen-bond donors (Lipinski definition) is 0. The van der Waals surface area contributed by atoms with Crippen LogP contribution >= 0.6 is 23.5 Å². The molecule has 0 radical (unpaired) electrons. The summed E-state index contributed by atoms with van der Waals surface area (Å²) in [6.07, 6.45) is 0. The van der Waals surface area contributed by atoms with Gasteiger partial charge in [-0.05, 0) is 23.6 Å². The number of pyridine rings is 1. The molecule has 0 aliphatic heterocycles. The molecule has 12 heavy (non-hydrogen) atoms. The highest BCUT2D eigenvalue weighted by Gasteiger charge is 1.96. The van der Waals surface area contributed by atoms with Crippen molar-refractivity contribution in [1.29, 1.82) is 0 Å². The molecule has 0 spiro atoms. The smallest absolute Gasteiger partial charge is 0.0973 e. The second kappa shape index (κ2) is 5.49. The maximum atomic E-state index is 4.48. The fourth-order valence-corrected chi connectivity index (χ4v) is 2.18. The summed E-state index contributed by atoms with van der Waals surface area (Å²) >= 11 is 3.58. The van der Waals surface area contributed by atoms with Gasteiger partial charge in [0.25, 0.3) is 0 Å². The van der Waals surface area contributed by atoms with E-state index in [1.54, 1.807) is 23.5 Å². The lowest BCUT2D eigenvalue weighted by molar-refractivity contribution is 1.01. The van der Waals surface area contributed by atoms with Crippen molar-refractivity contribution in [3.63, 3.8) is 0 Å². The Labute approximate surface area is 82.4 Å². The lowest BCUT2D eigenvalue weighted by Crippen LogP contribution is -1.83. The summed E-state index contributed by atoms with van der Waals surface area (Å²) in [5.41, 5.74) is 0. The van der Waals surface area contributed by atoms with Crippen molar-refractivity contribution in [1.82, 2.24) is 4.98 Å². The molecule has 0 unspecified atom stereocenters. The summed E-state index contributed by atoms with van der Waals surface area (Å²) in [6.45, 7) is 4.29. The molecular formula is C9H13NS2. The van der Waals surface area contributed by atoms with Gasteiger partial charge in [0.2, 0.25) is 0 Å². The maximum Gasteiger partial charge on any atom is 0.0973 e. The van der Waals surface area contributed by atoms with Crippen LogP contribution in [0, 0.1) is 0 Å². The highest BCUT2D eigenvalue weighted by molar-refractivity contribution is 7.99. The average molecular weight is 199 g/mol. The minimum Gasteiger partial charge on any atom is -0.235 e. The molecule has 1 rings (SSSR count). The van der Waals surface area contributed by atoms with Crippen LogP contribution in [0.4, 0.5) is 0 Å². The first-order chi connectivity index (χ1) is 5.86. The number of rotatable bonds is 4. The van der Waals surface area contributed by atoms with Gasteiger partial charge < -0.3 is 0 Å². The van der Waals surface area contributed by atoms with E-state index in [4.69, 9.17) is 0 Å². The molecule has 1 aromatic rings. The van der Waals surface area contributed by atoms with Crippen LogP contribution in [0.3, 0.4) is 0 Å². The van der Waals surface area contributed by atoms with Crippen molar-refractivity contribution in [2.75, 3.05) is 11.5 Å². The summed E-state index contributed by atoms with van der Waals surface area (Å²) in [5, 5.41) is 2.27. The van der Waals surface area contributed by atoms with E-state index in [2.05, 4.69) is 37.0 Å². The molecule has 0 fully saturated rings. The molecule has 3 heteroatoms. The molecule has 0 saturated heterocycles. The summed E-state index contributed by atoms with van der Waals surface area (Å²) in [7, 11) is 0. The van der Waals surface area contributed by atoms with Crippen LogP contribution < -0.4 is 0 Å². The number of hydrogen-bond acceptors (Lipinski definition) is 3. The molecule has 1 heterocycles. The first kappa shape index (κ1) is 9.93. The Kier molecular flexibility index (Phi) is 4.54. The topological polar surface area (TPSA) is 12.9 Å². The Morgan fingerprint density at radius 2 is 1.58 bits per heavy atom. The Morgan fingerprint density at radius 3 is 2.00 bits per heavy atom. The third kappa shape index (κ3) is 3.07. The molecule has 0 atom stereocenters. The predicted octanol–water partition coefficient (Wildman–Crippen LogP) is 3.31. The highest BCUT2D eigenvalue weighted by Crippen LogP contribution is 2.20. The first-order valence-corrected chi connectivity index (χ1v) is 6.06. The van der Waals surface area contributed by atoms with E-state index in [1.807, 2.05) is 0 Å². The minimum absolute atomic E-state index is 1.09. The van der Waals surface area contributed by atoms with Gasteiger partial charge >= 0.3 is 0 Å². The molecule has 0 N–H and O–H groups in total. The van der Waals surface area contributed by atoms with Crippen molar-refractivity contribution in [3.05, 3.63) is 18.2 Å². The Hall–Kier alpha value is -0.150. The monoisotopic (exact) mass is 199 g/mol. The summed E-state index contributed by atoms with van der Waals surface area (Å²) in [5.74, 6) is 2.18. The lowest BCUT2D eigenvalue weighted by atomic mass is 10.5. The van der Waals surface area contributed by atoms with Gasteiger partial charge in [-0.2, -0.15) is 0 Å². The van der Waals surface area contributed by atoms with E-state index in [0.29, 0.717) is 0 Å². The first-order valence-electron chi connectivity index (χ1n) is 4.09. The van der Waals surface area contributed by atoms with Gasteiger partial charge in [0, 0.05) is 0 Å². The summed E-state index contributed by atoms with van der Waals surface area (Å²) in [6, 6.07) is 6.20. The second-order valence-corrected chi connectivity index (χ2v) is 4.75. The van der Waals surface area contributed by atoms with Crippen LogP contribution in [0.2, 0.25) is 0 Å². The summed E-state index contributed by atoms with van der Waals surface area (Å²) in [4.78, 5) is 4.48.